The Balaban J connectivity index is 1.39. The van der Waals surface area contributed by atoms with E-state index in [9.17, 15) is 4.79 Å². The highest BCUT2D eigenvalue weighted by Crippen LogP contribution is 2.49. The smallest absolute Gasteiger partial charge is 0.169 e. The van der Waals surface area contributed by atoms with Crippen molar-refractivity contribution in [1.82, 2.24) is 0 Å². The minimum absolute atomic E-state index is 0.162. The summed E-state index contributed by atoms with van der Waals surface area (Å²) in [7, 11) is 0. The molecule has 0 radical (unpaired) electrons. The van der Waals surface area contributed by atoms with Crippen molar-refractivity contribution in [3.05, 3.63) is 71.3 Å². The third kappa shape index (κ3) is 2.94. The first-order valence-electron chi connectivity index (χ1n) is 8.19. The van der Waals surface area contributed by atoms with E-state index in [1.807, 2.05) is 42.5 Å². The molecular weight excluding hydrogens is 288 g/mol. The largest absolute Gasteiger partial charge is 0.347 e. The van der Waals surface area contributed by atoms with Gasteiger partial charge in [-0.25, -0.2) is 0 Å². The minimum Gasteiger partial charge on any atom is -0.347 e. The van der Waals surface area contributed by atoms with Crippen LogP contribution in [0.15, 0.2) is 54.6 Å². The summed E-state index contributed by atoms with van der Waals surface area (Å²) >= 11 is 0. The molecular formula is C20H20O3. The number of hydrogen-bond acceptors (Lipinski definition) is 3. The Hall–Kier alpha value is -1.97. The van der Waals surface area contributed by atoms with Crippen LogP contribution in [-0.2, 0) is 15.9 Å². The van der Waals surface area contributed by atoms with Crippen LogP contribution < -0.4 is 0 Å². The van der Waals surface area contributed by atoms with E-state index in [0.29, 0.717) is 25.6 Å². The fourth-order valence-electron chi connectivity index (χ4n) is 3.48. The van der Waals surface area contributed by atoms with Crippen LogP contribution in [0.2, 0.25) is 0 Å². The van der Waals surface area contributed by atoms with Gasteiger partial charge >= 0.3 is 0 Å². The summed E-state index contributed by atoms with van der Waals surface area (Å²) in [6.07, 6.45) is 2.29. The van der Waals surface area contributed by atoms with Crippen LogP contribution in [0.3, 0.4) is 0 Å². The first-order valence-corrected chi connectivity index (χ1v) is 8.19. The number of ketones is 1. The van der Waals surface area contributed by atoms with Crippen LogP contribution >= 0.6 is 0 Å². The van der Waals surface area contributed by atoms with Gasteiger partial charge in [0.15, 0.2) is 11.6 Å². The quantitative estimate of drug-likeness (QED) is 0.807. The molecule has 1 aliphatic heterocycles. The van der Waals surface area contributed by atoms with Crippen LogP contribution in [-0.4, -0.2) is 24.8 Å². The molecule has 2 fully saturated rings. The van der Waals surface area contributed by atoms with Crippen molar-refractivity contribution in [3.63, 3.8) is 0 Å². The third-order valence-electron chi connectivity index (χ3n) is 4.84. The zero-order valence-electron chi connectivity index (χ0n) is 13.0. The lowest BCUT2D eigenvalue weighted by Crippen LogP contribution is -2.43. The maximum Gasteiger partial charge on any atom is 0.169 e. The predicted octanol–water partition coefficient (Wildman–Crippen LogP) is 3.73. The van der Waals surface area contributed by atoms with Crippen LogP contribution in [0.5, 0.6) is 0 Å². The van der Waals surface area contributed by atoms with E-state index < -0.39 is 0 Å². The van der Waals surface area contributed by atoms with Gasteiger partial charge in [0.05, 0.1) is 13.2 Å². The molecule has 23 heavy (non-hydrogen) atoms. The zero-order chi connectivity index (χ0) is 15.7. The number of hydrogen-bond donors (Lipinski definition) is 0. The molecule has 3 nitrogen and oxygen atoms in total. The molecule has 1 heterocycles. The molecule has 2 aromatic carbocycles. The summed E-state index contributed by atoms with van der Waals surface area (Å²) < 4.78 is 11.4. The maximum atomic E-state index is 12.3. The summed E-state index contributed by atoms with van der Waals surface area (Å²) in [6.45, 7) is 1.42. The fraction of sp³-hybridized carbons (Fsp3) is 0.350. The number of carbonyl (C=O) groups excluding carboxylic acids is 1. The van der Waals surface area contributed by atoms with E-state index in [4.69, 9.17) is 9.47 Å². The Bertz CT molecular complexity index is 677. The zero-order valence-corrected chi connectivity index (χ0v) is 13.0. The van der Waals surface area contributed by atoms with E-state index in [1.165, 1.54) is 5.56 Å². The van der Waals surface area contributed by atoms with E-state index in [1.54, 1.807) is 0 Å². The molecule has 1 spiro atoms. The SMILES string of the molecule is O=C(Cc1ccccc1)c1ccc(C2CC3(C2)OCCO3)cc1. The highest BCUT2D eigenvalue weighted by atomic mass is 16.7. The fourth-order valence-corrected chi connectivity index (χ4v) is 3.48. The van der Waals surface area contributed by atoms with Crippen molar-refractivity contribution in [2.24, 2.45) is 0 Å². The second-order valence-corrected chi connectivity index (χ2v) is 6.42. The van der Waals surface area contributed by atoms with Gasteiger partial charge in [-0.1, -0.05) is 54.6 Å². The maximum absolute atomic E-state index is 12.3. The van der Waals surface area contributed by atoms with Gasteiger partial charge in [-0.2, -0.15) is 0 Å². The van der Waals surface area contributed by atoms with Crippen LogP contribution in [0.25, 0.3) is 0 Å². The molecule has 1 saturated carbocycles. The van der Waals surface area contributed by atoms with Gasteiger partial charge in [0, 0.05) is 24.8 Å². The van der Waals surface area contributed by atoms with Gasteiger partial charge in [-0.15, -0.1) is 0 Å². The summed E-state index contributed by atoms with van der Waals surface area (Å²) in [5.74, 6) is 0.327. The average molecular weight is 308 g/mol. The standard InChI is InChI=1S/C20H20O3/c21-19(12-15-4-2-1-3-5-15)17-8-6-16(7-9-17)18-13-20(14-18)22-10-11-23-20/h1-9,18H,10-14H2. The molecule has 3 heteroatoms. The van der Waals surface area contributed by atoms with Gasteiger partial charge in [-0.3, -0.25) is 4.79 Å². The molecule has 2 aromatic rings. The molecule has 4 rings (SSSR count). The van der Waals surface area contributed by atoms with E-state index in [0.717, 1.165) is 24.0 Å². The first kappa shape index (κ1) is 14.6. The average Bonchev–Trinajstić information content (AvgIpc) is 3.05. The second-order valence-electron chi connectivity index (χ2n) is 6.42. The summed E-state index contributed by atoms with van der Waals surface area (Å²) in [6, 6.07) is 17.9. The molecule has 0 amide bonds. The molecule has 118 valence electrons. The lowest BCUT2D eigenvalue weighted by Gasteiger charge is -2.43. The third-order valence-corrected chi connectivity index (χ3v) is 4.84. The van der Waals surface area contributed by atoms with Gasteiger partial charge in [-0.05, 0) is 17.0 Å². The summed E-state index contributed by atoms with van der Waals surface area (Å²) in [5.41, 5.74) is 3.10. The van der Waals surface area contributed by atoms with Crippen molar-refractivity contribution in [1.29, 1.82) is 0 Å². The van der Waals surface area contributed by atoms with Crippen LogP contribution in [0.1, 0.15) is 40.2 Å². The lowest BCUT2D eigenvalue weighted by molar-refractivity contribution is -0.215. The number of carbonyl (C=O) groups is 1. The summed E-state index contributed by atoms with van der Waals surface area (Å²) in [4.78, 5) is 12.3. The van der Waals surface area contributed by atoms with Crippen molar-refractivity contribution >= 4 is 5.78 Å². The highest BCUT2D eigenvalue weighted by molar-refractivity contribution is 5.97. The Morgan fingerprint density at radius 1 is 0.957 bits per heavy atom. The van der Waals surface area contributed by atoms with Gasteiger partial charge in [0.2, 0.25) is 0 Å². The monoisotopic (exact) mass is 308 g/mol. The summed E-state index contributed by atoms with van der Waals surface area (Å²) in [5, 5.41) is 0. The number of rotatable bonds is 4. The highest BCUT2D eigenvalue weighted by Gasteiger charge is 2.49. The molecule has 0 atom stereocenters. The number of benzene rings is 2. The molecule has 2 aliphatic rings. The van der Waals surface area contributed by atoms with Crippen molar-refractivity contribution in [3.8, 4) is 0 Å². The van der Waals surface area contributed by atoms with Gasteiger partial charge < -0.3 is 9.47 Å². The van der Waals surface area contributed by atoms with E-state index in [-0.39, 0.29) is 11.6 Å². The molecule has 0 aromatic heterocycles. The van der Waals surface area contributed by atoms with Crippen LogP contribution in [0, 0.1) is 0 Å². The number of Topliss-reactive ketones (excluding diaryl/α,β-unsaturated/α-hetero) is 1. The van der Waals surface area contributed by atoms with Crippen LogP contribution in [0.4, 0.5) is 0 Å². The predicted molar refractivity (Wildman–Crippen MR) is 87.5 cm³/mol. The minimum atomic E-state index is -0.313. The van der Waals surface area contributed by atoms with Gasteiger partial charge in [0.1, 0.15) is 0 Å². The first-order chi connectivity index (χ1) is 11.2. The lowest BCUT2D eigenvalue weighted by atomic mass is 9.74. The Morgan fingerprint density at radius 2 is 1.61 bits per heavy atom. The Morgan fingerprint density at radius 3 is 2.26 bits per heavy atom. The Labute approximate surface area is 136 Å². The van der Waals surface area contributed by atoms with Crippen molar-refractivity contribution < 1.29 is 14.3 Å². The molecule has 1 saturated heterocycles. The topological polar surface area (TPSA) is 35.5 Å². The molecule has 0 bridgehead atoms. The van der Waals surface area contributed by atoms with Crippen molar-refractivity contribution in [2.75, 3.05) is 13.2 Å². The number of ether oxygens (including phenoxy) is 2. The molecule has 0 unspecified atom stereocenters. The normalized spacial score (nSPS) is 19.7. The second kappa shape index (κ2) is 5.91. The van der Waals surface area contributed by atoms with Crippen molar-refractivity contribution in [2.45, 2.75) is 31.0 Å². The van der Waals surface area contributed by atoms with Gasteiger partial charge in [0.25, 0.3) is 0 Å². The molecule has 1 aliphatic carbocycles. The molecule has 0 N–H and O–H groups in total. The van der Waals surface area contributed by atoms with E-state index >= 15 is 0 Å². The Kier molecular flexibility index (Phi) is 3.76. The van der Waals surface area contributed by atoms with E-state index in [2.05, 4.69) is 12.1 Å².